The van der Waals surface area contributed by atoms with Crippen LogP contribution in [0.4, 0.5) is 11.4 Å². The van der Waals surface area contributed by atoms with Crippen molar-refractivity contribution in [1.29, 1.82) is 0 Å². The van der Waals surface area contributed by atoms with Gasteiger partial charge in [-0.15, -0.1) is 0 Å². The second kappa shape index (κ2) is 5.57. The fraction of sp³-hybridized carbons (Fsp3) is 0.250. The first kappa shape index (κ1) is 14.1. The van der Waals surface area contributed by atoms with Crippen molar-refractivity contribution in [2.24, 2.45) is 5.28 Å². The second-order valence-corrected chi connectivity index (χ2v) is 3.44. The van der Waals surface area contributed by atoms with Gasteiger partial charge in [0, 0.05) is 6.07 Å². The van der Waals surface area contributed by atoms with Crippen LogP contribution in [0.2, 0.25) is 0 Å². The minimum Gasteiger partial charge on any atom is -0.569 e. The molecule has 1 rings (SSSR count). The van der Waals surface area contributed by atoms with Crippen LogP contribution in [-0.2, 0) is 0 Å². The fourth-order valence-electron chi connectivity index (χ4n) is 0.991. The molecule has 0 aromatic heterocycles. The third kappa shape index (κ3) is 3.49. The zero-order valence-electron chi connectivity index (χ0n) is 9.92. The quantitative estimate of drug-likeness (QED) is 0.339. The molecule has 0 saturated heterocycles. The first-order chi connectivity index (χ1) is 8.82. The maximum atomic E-state index is 11.0. The van der Waals surface area contributed by atoms with Crippen molar-refractivity contribution in [3.05, 3.63) is 43.6 Å². The van der Waals surface area contributed by atoms with Crippen LogP contribution < -0.4 is 4.84 Å². The van der Waals surface area contributed by atoms with Crippen LogP contribution in [-0.4, -0.2) is 33.9 Å². The Kier molecular flexibility index (Phi) is 4.13. The number of hydrogen-bond donors (Lipinski definition) is 0. The monoisotopic (exact) mass is 271 g/mol. The van der Waals surface area contributed by atoms with Crippen LogP contribution in [0.5, 0.6) is 5.75 Å². The molecule has 11 nitrogen and oxygen atoms in total. The lowest BCUT2D eigenvalue weighted by Gasteiger charge is -2.05. The summed E-state index contributed by atoms with van der Waals surface area (Å²) in [7, 11) is 2.76. The zero-order valence-corrected chi connectivity index (χ0v) is 9.92. The van der Waals surface area contributed by atoms with Gasteiger partial charge in [-0.2, -0.15) is 5.01 Å². The second-order valence-electron chi connectivity index (χ2n) is 3.44. The molecule has 19 heavy (non-hydrogen) atoms. The maximum absolute atomic E-state index is 11.0. The average molecular weight is 271 g/mol. The summed E-state index contributed by atoms with van der Waals surface area (Å²) < 4.78 is 0. The molecule has 11 heteroatoms. The lowest BCUT2D eigenvalue weighted by atomic mass is 10.2. The van der Waals surface area contributed by atoms with E-state index in [0.717, 1.165) is 23.2 Å². The van der Waals surface area contributed by atoms with E-state index < -0.39 is 21.2 Å². The minimum atomic E-state index is -0.872. The highest BCUT2D eigenvalue weighted by atomic mass is 16.7. The smallest absolute Gasteiger partial charge is 0.321 e. The molecule has 0 amide bonds. The summed E-state index contributed by atoms with van der Waals surface area (Å²) in [5.41, 5.74) is -1.13. The van der Waals surface area contributed by atoms with E-state index in [0.29, 0.717) is 0 Å². The van der Waals surface area contributed by atoms with E-state index in [1.807, 2.05) is 0 Å². The van der Waals surface area contributed by atoms with Crippen molar-refractivity contribution in [2.75, 3.05) is 14.1 Å². The fourth-order valence-corrected chi connectivity index (χ4v) is 0.991. The molecule has 0 heterocycles. The molecule has 0 fully saturated rings. The molecule has 1 aromatic carbocycles. The molecule has 0 radical (unpaired) electrons. The molecule has 0 atom stereocenters. The SMILES string of the molecule is CN(C)/[N+]([O-])=N/Oc1ccc([N+](=O)[O-])cc1[N+](=O)[O-]. The number of nitro groups is 2. The molecule has 0 N–H and O–H groups in total. The third-order valence-electron chi connectivity index (χ3n) is 1.90. The number of benzene rings is 1. The van der Waals surface area contributed by atoms with Crippen LogP contribution in [0.1, 0.15) is 0 Å². The van der Waals surface area contributed by atoms with Crippen molar-refractivity contribution in [2.45, 2.75) is 0 Å². The maximum Gasteiger partial charge on any atom is 0.321 e. The van der Waals surface area contributed by atoms with Crippen LogP contribution >= 0.6 is 0 Å². The van der Waals surface area contributed by atoms with E-state index in [9.17, 15) is 25.4 Å². The van der Waals surface area contributed by atoms with Gasteiger partial charge in [0.15, 0.2) is 0 Å². The molecule has 0 spiro atoms. The van der Waals surface area contributed by atoms with E-state index in [1.54, 1.807) is 0 Å². The van der Waals surface area contributed by atoms with Gasteiger partial charge in [0.05, 0.1) is 35.0 Å². The van der Waals surface area contributed by atoms with Crippen molar-refractivity contribution in [3.8, 4) is 5.75 Å². The molecule has 0 unspecified atom stereocenters. The van der Waals surface area contributed by atoms with Gasteiger partial charge in [-0.3, -0.25) is 25.1 Å². The summed E-state index contributed by atoms with van der Waals surface area (Å²) in [6, 6.07) is 2.71. The third-order valence-corrected chi connectivity index (χ3v) is 1.90. The summed E-state index contributed by atoms with van der Waals surface area (Å²) in [6.45, 7) is 0. The first-order valence-electron chi connectivity index (χ1n) is 4.78. The highest BCUT2D eigenvalue weighted by Crippen LogP contribution is 2.31. The summed E-state index contributed by atoms with van der Waals surface area (Å²) in [6.07, 6.45) is 0. The van der Waals surface area contributed by atoms with E-state index in [2.05, 4.69) is 10.1 Å². The molecule has 0 aliphatic heterocycles. The number of hydrazine groups is 1. The predicted molar refractivity (Wildman–Crippen MR) is 60.1 cm³/mol. The van der Waals surface area contributed by atoms with E-state index in [-0.39, 0.29) is 10.7 Å². The number of hydrogen-bond acceptors (Lipinski definition) is 7. The number of rotatable bonds is 5. The standard InChI is InChI=1S/C8H9N5O6/c1-10(2)13(18)9-19-8-4-3-6(11(14)15)5-7(8)12(16)17/h3-5H,1-2H3/b13-9-. The summed E-state index contributed by atoms with van der Waals surface area (Å²) >= 11 is 0. The molecule has 0 aliphatic carbocycles. The molecule has 1 aromatic rings. The summed E-state index contributed by atoms with van der Waals surface area (Å²) in [5, 5.41) is 36.3. The molecule has 0 aliphatic rings. The Bertz CT molecular complexity index is 542. The van der Waals surface area contributed by atoms with Crippen molar-refractivity contribution >= 4 is 11.4 Å². The molecule has 0 saturated carbocycles. The Labute approximate surface area is 106 Å². The van der Waals surface area contributed by atoms with Crippen LogP contribution in [0, 0.1) is 25.4 Å². The lowest BCUT2D eigenvalue weighted by Crippen LogP contribution is -2.21. The molecular formula is C8H9N5O6. The van der Waals surface area contributed by atoms with Gasteiger partial charge in [0.2, 0.25) is 11.0 Å². The number of nitrogens with zero attached hydrogens (tertiary/aromatic N) is 5. The Morgan fingerprint density at radius 3 is 2.26 bits per heavy atom. The van der Waals surface area contributed by atoms with Gasteiger partial charge in [-0.1, -0.05) is 0 Å². The normalized spacial score (nSPS) is 10.9. The summed E-state index contributed by atoms with van der Waals surface area (Å²) in [4.78, 5) is 24.2. The first-order valence-corrected chi connectivity index (χ1v) is 4.78. The largest absolute Gasteiger partial charge is 0.569 e. The van der Waals surface area contributed by atoms with Crippen molar-refractivity contribution < 1.29 is 19.7 Å². The Hall–Kier alpha value is -2.98. The van der Waals surface area contributed by atoms with Crippen LogP contribution in [0.3, 0.4) is 0 Å². The lowest BCUT2D eigenvalue weighted by molar-refractivity contribution is -0.695. The average Bonchev–Trinajstić information content (AvgIpc) is 2.35. The molecule has 102 valence electrons. The van der Waals surface area contributed by atoms with Crippen LogP contribution in [0.25, 0.3) is 0 Å². The van der Waals surface area contributed by atoms with E-state index in [1.165, 1.54) is 14.1 Å². The van der Waals surface area contributed by atoms with Gasteiger partial charge < -0.3 is 5.21 Å². The van der Waals surface area contributed by atoms with Gasteiger partial charge in [-0.25, -0.2) is 0 Å². The van der Waals surface area contributed by atoms with Gasteiger partial charge in [0.25, 0.3) is 5.69 Å². The summed E-state index contributed by atoms with van der Waals surface area (Å²) in [5.74, 6) is -0.377. The van der Waals surface area contributed by atoms with Crippen LogP contribution in [0.15, 0.2) is 23.5 Å². The van der Waals surface area contributed by atoms with Gasteiger partial charge >= 0.3 is 5.69 Å². The highest BCUT2D eigenvalue weighted by molar-refractivity contribution is 5.53. The number of nitro benzene ring substituents is 2. The molecule has 0 bridgehead atoms. The van der Waals surface area contributed by atoms with Gasteiger partial charge in [-0.05, 0) is 6.07 Å². The van der Waals surface area contributed by atoms with Crippen molar-refractivity contribution in [3.63, 3.8) is 0 Å². The number of non-ortho nitro benzene ring substituents is 1. The Morgan fingerprint density at radius 1 is 1.16 bits per heavy atom. The van der Waals surface area contributed by atoms with E-state index in [4.69, 9.17) is 0 Å². The highest BCUT2D eigenvalue weighted by Gasteiger charge is 2.22. The minimum absolute atomic E-state index is 0.0468. The van der Waals surface area contributed by atoms with E-state index >= 15 is 0 Å². The Balaban J connectivity index is 3.11. The predicted octanol–water partition coefficient (Wildman–Crippen LogP) is 1.24. The van der Waals surface area contributed by atoms with Crippen molar-refractivity contribution in [1.82, 2.24) is 5.01 Å². The van der Waals surface area contributed by atoms with Gasteiger partial charge in [0.1, 0.15) is 0 Å². The Morgan fingerprint density at radius 2 is 1.79 bits per heavy atom. The molecular weight excluding hydrogens is 262 g/mol. The topological polar surface area (TPSA) is 137 Å². The zero-order chi connectivity index (χ0) is 14.6.